The molecule has 1 amide bonds. The van der Waals surface area contributed by atoms with Crippen molar-refractivity contribution in [2.45, 2.75) is 68.9 Å². The lowest BCUT2D eigenvalue weighted by atomic mass is 10.0. The van der Waals surface area contributed by atoms with Crippen LogP contribution in [-0.4, -0.2) is 74.2 Å². The van der Waals surface area contributed by atoms with Crippen molar-refractivity contribution in [3.05, 3.63) is 11.0 Å². The summed E-state index contributed by atoms with van der Waals surface area (Å²) in [4.78, 5) is 26.6. The first-order chi connectivity index (χ1) is 15.6. The predicted octanol–water partition coefficient (Wildman–Crippen LogP) is 3.75. The van der Waals surface area contributed by atoms with Crippen molar-refractivity contribution in [2.75, 3.05) is 19.4 Å². The molecule has 0 aromatic carbocycles. The highest BCUT2D eigenvalue weighted by molar-refractivity contribution is 7.98. The number of thioether (sulfide) groups is 1. The largest absolute Gasteiger partial charge is 0.493 e. The number of rotatable bonds is 5. The summed E-state index contributed by atoms with van der Waals surface area (Å²) in [6, 6.07) is 0.0965. The number of hydrogen-bond donors (Lipinski definition) is 2. The molecule has 4 rings (SSSR count). The molecule has 2 aromatic heterocycles. The van der Waals surface area contributed by atoms with Gasteiger partial charge in [-0.2, -0.15) is 9.97 Å². The van der Waals surface area contributed by atoms with Gasteiger partial charge in [0.05, 0.1) is 12.6 Å². The summed E-state index contributed by atoms with van der Waals surface area (Å²) >= 11 is 7.10. The van der Waals surface area contributed by atoms with E-state index in [0.717, 1.165) is 24.6 Å². The third-order valence-corrected chi connectivity index (χ3v) is 6.55. The van der Waals surface area contributed by atoms with Crippen LogP contribution >= 0.6 is 23.4 Å². The van der Waals surface area contributed by atoms with Crippen LogP contribution < -0.4 is 10.1 Å². The Balaban J connectivity index is 1.48. The Hall–Kier alpha value is -2.11. The number of pyridine rings is 1. The summed E-state index contributed by atoms with van der Waals surface area (Å²) < 4.78 is 25.9. The van der Waals surface area contributed by atoms with Gasteiger partial charge < -0.3 is 19.9 Å². The van der Waals surface area contributed by atoms with Crippen LogP contribution in [-0.2, 0) is 4.74 Å². The molecule has 3 atom stereocenters. The highest BCUT2D eigenvalue weighted by Crippen LogP contribution is 2.36. The Morgan fingerprint density at radius 3 is 2.79 bits per heavy atom. The maximum absolute atomic E-state index is 14.5. The molecule has 0 aliphatic carbocycles. The number of nitrogens with zero attached hydrogens (tertiary/aromatic N) is 4. The Bertz CT molecular complexity index is 1070. The van der Waals surface area contributed by atoms with E-state index in [1.165, 1.54) is 0 Å². The summed E-state index contributed by atoms with van der Waals surface area (Å²) in [5.74, 6) is -1.30. The van der Waals surface area contributed by atoms with Gasteiger partial charge in [0.2, 0.25) is 11.8 Å². The fraction of sp³-hybridized carbons (Fsp3) is 0.619. The van der Waals surface area contributed by atoms with E-state index < -0.39 is 22.5 Å². The highest BCUT2D eigenvalue weighted by atomic mass is 35.5. The van der Waals surface area contributed by atoms with Crippen molar-refractivity contribution in [3.63, 3.8) is 0 Å². The van der Waals surface area contributed by atoms with Crippen molar-refractivity contribution in [1.82, 2.24) is 25.2 Å². The van der Waals surface area contributed by atoms with Gasteiger partial charge in [-0.05, 0) is 46.3 Å². The van der Waals surface area contributed by atoms with Crippen LogP contribution in [0.25, 0.3) is 10.9 Å². The van der Waals surface area contributed by atoms with Gasteiger partial charge in [0.1, 0.15) is 16.5 Å². The minimum Gasteiger partial charge on any atom is -0.493 e. The molecule has 180 valence electrons. The molecule has 0 saturated carbocycles. The Morgan fingerprint density at radius 2 is 2.09 bits per heavy atom. The highest BCUT2D eigenvalue weighted by Gasteiger charge is 2.46. The topological polar surface area (TPSA) is 110 Å². The summed E-state index contributed by atoms with van der Waals surface area (Å²) in [6.07, 6.45) is 3.75. The SMILES string of the molecule is CSc1nc(O)c2c(OCCC3NC[C@H]4CC[C@@H]3N4C(=O)OC(C)(C)C)nc(Cl)c(F)c2n1. The Labute approximate surface area is 200 Å². The minimum atomic E-state index is -0.842. The van der Waals surface area contributed by atoms with E-state index >= 15 is 0 Å². The molecule has 0 spiro atoms. The second-order valence-electron chi connectivity index (χ2n) is 9.12. The van der Waals surface area contributed by atoms with Gasteiger partial charge in [-0.3, -0.25) is 4.90 Å². The van der Waals surface area contributed by atoms with Crippen molar-refractivity contribution in [2.24, 2.45) is 0 Å². The van der Waals surface area contributed by atoms with Crippen molar-refractivity contribution in [1.29, 1.82) is 0 Å². The number of fused-ring (bicyclic) bond motifs is 3. The van der Waals surface area contributed by atoms with Crippen LogP contribution in [0.4, 0.5) is 9.18 Å². The average molecular weight is 500 g/mol. The second-order valence-corrected chi connectivity index (χ2v) is 10.2. The van der Waals surface area contributed by atoms with Gasteiger partial charge in [0.25, 0.3) is 0 Å². The van der Waals surface area contributed by atoms with Gasteiger partial charge in [-0.15, -0.1) is 0 Å². The number of nitrogens with one attached hydrogen (secondary N) is 1. The number of piperazine rings is 1. The quantitative estimate of drug-likeness (QED) is 0.361. The van der Waals surface area contributed by atoms with Crippen molar-refractivity contribution in [3.8, 4) is 11.8 Å². The van der Waals surface area contributed by atoms with Gasteiger partial charge in [-0.1, -0.05) is 23.4 Å². The average Bonchev–Trinajstić information content (AvgIpc) is 3.06. The van der Waals surface area contributed by atoms with Crippen LogP contribution in [0.3, 0.4) is 0 Å². The van der Waals surface area contributed by atoms with E-state index in [9.17, 15) is 14.3 Å². The molecule has 0 radical (unpaired) electrons. The minimum absolute atomic E-state index is 0.00797. The van der Waals surface area contributed by atoms with E-state index in [4.69, 9.17) is 21.1 Å². The molecule has 33 heavy (non-hydrogen) atoms. The van der Waals surface area contributed by atoms with E-state index in [1.807, 2.05) is 25.7 Å². The molecule has 2 aliphatic rings. The zero-order valence-corrected chi connectivity index (χ0v) is 20.5. The molecule has 2 aromatic rings. The van der Waals surface area contributed by atoms with Gasteiger partial charge in [0.15, 0.2) is 16.1 Å². The first-order valence-corrected chi connectivity index (χ1v) is 12.4. The molecule has 2 saturated heterocycles. The van der Waals surface area contributed by atoms with Gasteiger partial charge in [-0.25, -0.2) is 14.2 Å². The predicted molar refractivity (Wildman–Crippen MR) is 123 cm³/mol. The maximum atomic E-state index is 14.5. The van der Waals surface area contributed by atoms with E-state index in [2.05, 4.69) is 20.3 Å². The van der Waals surface area contributed by atoms with Gasteiger partial charge in [0, 0.05) is 18.6 Å². The summed E-state index contributed by atoms with van der Waals surface area (Å²) in [6.45, 7) is 6.44. The zero-order valence-electron chi connectivity index (χ0n) is 18.9. The molecular formula is C21H27ClFN5O4S. The molecule has 1 unspecified atom stereocenters. The number of ether oxygens (including phenoxy) is 2. The van der Waals surface area contributed by atoms with Crippen LogP contribution in [0, 0.1) is 5.82 Å². The number of aromatic hydroxyl groups is 1. The summed E-state index contributed by atoms with van der Waals surface area (Å²) in [7, 11) is 0. The molecule has 9 nitrogen and oxygen atoms in total. The first-order valence-electron chi connectivity index (χ1n) is 10.8. The zero-order chi connectivity index (χ0) is 23.9. The van der Waals surface area contributed by atoms with Crippen molar-refractivity contribution < 1.29 is 23.8 Å². The molecule has 2 bridgehead atoms. The first kappa shape index (κ1) is 24.0. The molecular weight excluding hydrogens is 473 g/mol. The number of carbonyl (C=O) groups is 1. The molecule has 4 heterocycles. The lowest BCUT2D eigenvalue weighted by Crippen LogP contribution is -2.60. The Kier molecular flexibility index (Phi) is 6.75. The van der Waals surface area contributed by atoms with Gasteiger partial charge >= 0.3 is 6.09 Å². The summed E-state index contributed by atoms with van der Waals surface area (Å²) in [5.41, 5.74) is -0.707. The third kappa shape index (κ3) is 4.90. The summed E-state index contributed by atoms with van der Waals surface area (Å²) in [5, 5.41) is 13.6. The fourth-order valence-electron chi connectivity index (χ4n) is 4.38. The normalized spacial score (nSPS) is 22.6. The standard InChI is InChI=1S/C21H27ClFN5O4S/c1-21(2,3)32-20(30)28-10-5-6-12(28)11(24-9-10)7-8-31-18-13-15(14(23)16(22)26-18)25-19(33-4)27-17(13)29/h10-12,24H,5-9H2,1-4H3,(H,25,27,29)/t10-,11?,12+/m1/s1. The molecule has 2 N–H and O–H groups in total. The maximum Gasteiger partial charge on any atom is 0.410 e. The van der Waals surface area contributed by atoms with Crippen LogP contribution in [0.15, 0.2) is 5.16 Å². The number of aromatic nitrogens is 3. The van der Waals surface area contributed by atoms with Crippen LogP contribution in [0.2, 0.25) is 5.15 Å². The van der Waals surface area contributed by atoms with Crippen molar-refractivity contribution >= 4 is 40.4 Å². The van der Waals surface area contributed by atoms with E-state index in [1.54, 1.807) is 6.26 Å². The fourth-order valence-corrected chi connectivity index (χ4v) is 4.91. The monoisotopic (exact) mass is 499 g/mol. The van der Waals surface area contributed by atoms with Crippen LogP contribution in [0.5, 0.6) is 11.8 Å². The van der Waals surface area contributed by atoms with Crippen LogP contribution in [0.1, 0.15) is 40.0 Å². The smallest absolute Gasteiger partial charge is 0.410 e. The molecule has 2 aliphatic heterocycles. The number of hydrogen-bond acceptors (Lipinski definition) is 9. The third-order valence-electron chi connectivity index (χ3n) is 5.75. The van der Waals surface area contributed by atoms with E-state index in [0.29, 0.717) is 13.0 Å². The Morgan fingerprint density at radius 1 is 1.33 bits per heavy atom. The number of amides is 1. The number of carbonyl (C=O) groups excluding carboxylic acids is 1. The lowest BCUT2D eigenvalue weighted by molar-refractivity contribution is 0.00288. The second kappa shape index (κ2) is 9.27. The number of halogens is 2. The lowest BCUT2D eigenvalue weighted by Gasteiger charge is -2.41. The molecule has 2 fully saturated rings. The molecule has 12 heteroatoms. The van der Waals surface area contributed by atoms with E-state index in [-0.39, 0.29) is 52.8 Å².